The summed E-state index contributed by atoms with van der Waals surface area (Å²) in [4.78, 5) is 25.2. The molecule has 2 rings (SSSR count). The van der Waals surface area contributed by atoms with E-state index in [1.807, 2.05) is 29.3 Å². The Balaban J connectivity index is 1.76. The molecule has 1 saturated heterocycles. The number of carbonyl (C=O) groups excluding carboxylic acids is 1. The van der Waals surface area contributed by atoms with Crippen molar-refractivity contribution in [3.63, 3.8) is 0 Å². The van der Waals surface area contributed by atoms with Crippen molar-refractivity contribution in [3.8, 4) is 0 Å². The average Bonchev–Trinajstić information content (AvgIpc) is 3.01. The van der Waals surface area contributed by atoms with Gasteiger partial charge in [0, 0.05) is 52.1 Å². The van der Waals surface area contributed by atoms with Crippen LogP contribution < -0.4 is 15.5 Å². The van der Waals surface area contributed by atoms with E-state index in [0.29, 0.717) is 18.9 Å². The van der Waals surface area contributed by atoms with Crippen LogP contribution in [-0.4, -0.2) is 62.0 Å². The van der Waals surface area contributed by atoms with Crippen molar-refractivity contribution in [1.82, 2.24) is 20.5 Å². The predicted octanol–water partition coefficient (Wildman–Crippen LogP) is 2.06. The van der Waals surface area contributed by atoms with Gasteiger partial charge in [-0.2, -0.15) is 0 Å². The number of hydrogen-bond donors (Lipinski definition) is 2. The van der Waals surface area contributed by atoms with E-state index in [0.717, 1.165) is 62.2 Å². The van der Waals surface area contributed by atoms with Crippen LogP contribution in [0.2, 0.25) is 0 Å². The van der Waals surface area contributed by atoms with Gasteiger partial charge in [-0.1, -0.05) is 6.42 Å². The Labute approximate surface area is 160 Å². The number of anilines is 1. The summed E-state index contributed by atoms with van der Waals surface area (Å²) < 4.78 is 0. The lowest BCUT2D eigenvalue weighted by molar-refractivity contribution is -0.130. The van der Waals surface area contributed by atoms with Crippen LogP contribution in [0.25, 0.3) is 0 Å². The van der Waals surface area contributed by atoms with E-state index in [1.54, 1.807) is 11.3 Å². The highest BCUT2D eigenvalue weighted by Crippen LogP contribution is 2.18. The molecular formula is C18H32N6OS. The number of hydrogen-bond acceptors (Lipinski definition) is 5. The van der Waals surface area contributed by atoms with E-state index in [9.17, 15) is 4.79 Å². The Kier molecular flexibility index (Phi) is 8.67. The van der Waals surface area contributed by atoms with Crippen LogP contribution in [0.15, 0.2) is 10.4 Å². The molecule has 0 spiro atoms. The third-order valence-corrected chi connectivity index (χ3v) is 5.29. The number of likely N-dealkylation sites (tertiary alicyclic amines) is 1. The molecule has 2 N–H and O–H groups in total. The van der Waals surface area contributed by atoms with Gasteiger partial charge in [-0.25, -0.2) is 9.98 Å². The molecule has 8 heteroatoms. The summed E-state index contributed by atoms with van der Waals surface area (Å²) in [6, 6.07) is 0. The van der Waals surface area contributed by atoms with Gasteiger partial charge in [0.1, 0.15) is 0 Å². The summed E-state index contributed by atoms with van der Waals surface area (Å²) in [5, 5.41) is 9.66. The second-order valence-electron chi connectivity index (χ2n) is 6.68. The molecule has 1 fully saturated rings. The standard InChI is InChI=1S/C18H32N6OS/c1-4-19-17(21-13-15-14-26-18(22-15)23(2)3)20-10-8-12-24-11-7-5-6-9-16(24)25/h14H,4-13H2,1-3H3,(H2,19,20,21). The highest BCUT2D eigenvalue weighted by atomic mass is 32.1. The smallest absolute Gasteiger partial charge is 0.222 e. The molecule has 0 saturated carbocycles. The van der Waals surface area contributed by atoms with Gasteiger partial charge in [-0.15, -0.1) is 11.3 Å². The van der Waals surface area contributed by atoms with Crippen LogP contribution in [0.3, 0.4) is 0 Å². The van der Waals surface area contributed by atoms with E-state index in [-0.39, 0.29) is 0 Å². The van der Waals surface area contributed by atoms with E-state index >= 15 is 0 Å². The maximum absolute atomic E-state index is 12.0. The summed E-state index contributed by atoms with van der Waals surface area (Å²) in [5.41, 5.74) is 0.978. The first-order valence-electron chi connectivity index (χ1n) is 9.52. The van der Waals surface area contributed by atoms with Gasteiger partial charge in [0.2, 0.25) is 5.91 Å². The number of guanidine groups is 1. The van der Waals surface area contributed by atoms with Crippen molar-refractivity contribution in [1.29, 1.82) is 0 Å². The van der Waals surface area contributed by atoms with Gasteiger partial charge >= 0.3 is 0 Å². The fourth-order valence-corrected chi connectivity index (χ4v) is 3.58. The van der Waals surface area contributed by atoms with Crippen molar-refractivity contribution in [2.75, 3.05) is 45.2 Å². The van der Waals surface area contributed by atoms with Crippen molar-refractivity contribution < 1.29 is 4.79 Å². The second-order valence-corrected chi connectivity index (χ2v) is 7.52. The molecule has 1 aromatic rings. The molecule has 0 atom stereocenters. The van der Waals surface area contributed by atoms with E-state index in [4.69, 9.17) is 0 Å². The van der Waals surface area contributed by atoms with Crippen molar-refractivity contribution >= 4 is 28.3 Å². The molecule has 0 aromatic carbocycles. The second kappa shape index (κ2) is 11.0. The summed E-state index contributed by atoms with van der Waals surface area (Å²) in [6.07, 6.45) is 4.98. The summed E-state index contributed by atoms with van der Waals surface area (Å²) >= 11 is 1.63. The number of aromatic nitrogens is 1. The van der Waals surface area contributed by atoms with Gasteiger partial charge in [-0.05, 0) is 26.2 Å². The summed E-state index contributed by atoms with van der Waals surface area (Å²) in [7, 11) is 3.99. The Morgan fingerprint density at radius 3 is 2.92 bits per heavy atom. The average molecular weight is 381 g/mol. The number of nitrogens with one attached hydrogen (secondary N) is 2. The molecule has 0 bridgehead atoms. The Morgan fingerprint density at radius 1 is 1.35 bits per heavy atom. The van der Waals surface area contributed by atoms with Gasteiger partial charge in [0.15, 0.2) is 11.1 Å². The number of aliphatic imine (C=N–C) groups is 1. The first kappa shape index (κ1) is 20.5. The topological polar surface area (TPSA) is 72.9 Å². The van der Waals surface area contributed by atoms with Crippen molar-refractivity contribution in [2.24, 2.45) is 4.99 Å². The third-order valence-electron chi connectivity index (χ3n) is 4.23. The minimum absolute atomic E-state index is 0.309. The minimum Gasteiger partial charge on any atom is -0.357 e. The van der Waals surface area contributed by atoms with Crippen LogP contribution >= 0.6 is 11.3 Å². The van der Waals surface area contributed by atoms with Crippen molar-refractivity contribution in [2.45, 2.75) is 45.6 Å². The van der Waals surface area contributed by atoms with E-state index in [1.165, 1.54) is 6.42 Å². The number of amides is 1. The molecule has 146 valence electrons. The molecule has 1 aliphatic rings. The quantitative estimate of drug-likeness (QED) is 0.410. The molecule has 1 aromatic heterocycles. The maximum Gasteiger partial charge on any atom is 0.222 e. The molecular weight excluding hydrogens is 348 g/mol. The lowest BCUT2D eigenvalue weighted by atomic mass is 10.2. The molecule has 2 heterocycles. The first-order chi connectivity index (χ1) is 12.6. The highest BCUT2D eigenvalue weighted by Gasteiger charge is 2.15. The van der Waals surface area contributed by atoms with E-state index in [2.05, 4.69) is 27.5 Å². The van der Waals surface area contributed by atoms with Crippen LogP contribution in [0, 0.1) is 0 Å². The maximum atomic E-state index is 12.0. The normalized spacial score (nSPS) is 15.7. The van der Waals surface area contributed by atoms with E-state index < -0.39 is 0 Å². The number of rotatable bonds is 8. The van der Waals surface area contributed by atoms with Gasteiger partial charge < -0.3 is 20.4 Å². The zero-order valence-electron chi connectivity index (χ0n) is 16.3. The van der Waals surface area contributed by atoms with Gasteiger partial charge in [0.25, 0.3) is 0 Å². The predicted molar refractivity (Wildman–Crippen MR) is 109 cm³/mol. The third kappa shape index (κ3) is 6.82. The number of carbonyl (C=O) groups is 1. The van der Waals surface area contributed by atoms with Gasteiger partial charge in [0.05, 0.1) is 12.2 Å². The Morgan fingerprint density at radius 2 is 2.19 bits per heavy atom. The highest BCUT2D eigenvalue weighted by molar-refractivity contribution is 7.13. The molecule has 1 aliphatic heterocycles. The lowest BCUT2D eigenvalue weighted by Gasteiger charge is -2.20. The number of nitrogens with zero attached hydrogens (tertiary/aromatic N) is 4. The summed E-state index contributed by atoms with van der Waals surface area (Å²) in [5.74, 6) is 1.11. The molecule has 0 unspecified atom stereocenters. The largest absolute Gasteiger partial charge is 0.357 e. The number of thiazole rings is 1. The zero-order chi connectivity index (χ0) is 18.8. The van der Waals surface area contributed by atoms with Crippen molar-refractivity contribution in [3.05, 3.63) is 11.1 Å². The molecule has 0 aliphatic carbocycles. The van der Waals surface area contributed by atoms with Crippen LogP contribution in [-0.2, 0) is 11.3 Å². The summed E-state index contributed by atoms with van der Waals surface area (Å²) in [6.45, 7) is 5.96. The van der Waals surface area contributed by atoms with Crippen LogP contribution in [0.5, 0.6) is 0 Å². The molecule has 26 heavy (non-hydrogen) atoms. The Bertz CT molecular complexity index is 586. The lowest BCUT2D eigenvalue weighted by Crippen LogP contribution is -2.39. The zero-order valence-corrected chi connectivity index (χ0v) is 17.1. The SMILES string of the molecule is CCNC(=NCc1csc(N(C)C)n1)NCCCN1CCCCCC1=O. The first-order valence-corrected chi connectivity index (χ1v) is 10.4. The van der Waals surface area contributed by atoms with Crippen LogP contribution in [0.4, 0.5) is 5.13 Å². The van der Waals surface area contributed by atoms with Crippen LogP contribution in [0.1, 0.15) is 44.7 Å². The Hall–Kier alpha value is -1.83. The van der Waals surface area contributed by atoms with Gasteiger partial charge in [-0.3, -0.25) is 4.79 Å². The molecule has 1 amide bonds. The minimum atomic E-state index is 0.309. The monoisotopic (exact) mass is 380 g/mol. The fourth-order valence-electron chi connectivity index (χ4n) is 2.83. The fraction of sp³-hybridized carbons (Fsp3) is 0.722. The molecule has 7 nitrogen and oxygen atoms in total. The molecule has 0 radical (unpaired) electrons.